The topological polar surface area (TPSA) is 9.23 Å². The van der Waals surface area contributed by atoms with Crippen LogP contribution in [0.15, 0.2) is 30.4 Å². The van der Waals surface area contributed by atoms with Crippen molar-refractivity contribution in [3.05, 3.63) is 40.9 Å². The zero-order chi connectivity index (χ0) is 10.6. The Hall–Kier alpha value is -0.600. The van der Waals surface area contributed by atoms with Crippen molar-refractivity contribution in [2.24, 2.45) is 0 Å². The lowest BCUT2D eigenvalue weighted by Gasteiger charge is -2.09. The highest BCUT2D eigenvalue weighted by molar-refractivity contribution is 7.80. The van der Waals surface area contributed by atoms with Gasteiger partial charge in [-0.05, 0) is 30.2 Å². The highest BCUT2D eigenvalue weighted by atomic mass is 35.5. The maximum atomic E-state index is 5.95. The second-order valence-electron chi connectivity index (χ2n) is 3.13. The summed E-state index contributed by atoms with van der Waals surface area (Å²) in [4.78, 5) is 0. The molecule has 0 atom stereocenters. The van der Waals surface area contributed by atoms with Gasteiger partial charge in [0.05, 0.1) is 5.02 Å². The van der Waals surface area contributed by atoms with Gasteiger partial charge in [-0.1, -0.05) is 24.2 Å². The Bertz CT molecular complexity index is 336. The second-order valence-corrected chi connectivity index (χ2v) is 3.85. The number of hydrogen-bond donors (Lipinski definition) is 1. The van der Waals surface area contributed by atoms with Gasteiger partial charge in [0.1, 0.15) is 12.4 Å². The van der Waals surface area contributed by atoms with E-state index in [4.69, 9.17) is 16.3 Å². The largest absolute Gasteiger partial charge is 0.488 e. The Balaban J connectivity index is 2.66. The summed E-state index contributed by atoms with van der Waals surface area (Å²) in [6, 6.07) is 5.69. The molecule has 1 nitrogen and oxygen atoms in total. The van der Waals surface area contributed by atoms with E-state index in [0.29, 0.717) is 23.1 Å². The summed E-state index contributed by atoms with van der Waals surface area (Å²) in [5.41, 5.74) is 2.06. The lowest BCUT2D eigenvalue weighted by Crippen LogP contribution is -2.01. The molecule has 1 rings (SSSR count). The van der Waals surface area contributed by atoms with E-state index in [2.05, 4.69) is 19.2 Å². The summed E-state index contributed by atoms with van der Waals surface area (Å²) in [6.45, 7) is 6.26. The molecule has 0 saturated heterocycles. The average molecular weight is 229 g/mol. The number of halogens is 1. The van der Waals surface area contributed by atoms with Gasteiger partial charge in [0.2, 0.25) is 0 Å². The fraction of sp³-hybridized carbons (Fsp3) is 0.273. The van der Waals surface area contributed by atoms with E-state index in [1.165, 1.54) is 0 Å². The third kappa shape index (κ3) is 3.28. The van der Waals surface area contributed by atoms with Gasteiger partial charge in [-0.3, -0.25) is 0 Å². The van der Waals surface area contributed by atoms with Crippen molar-refractivity contribution in [1.82, 2.24) is 0 Å². The molecule has 76 valence electrons. The van der Waals surface area contributed by atoms with E-state index >= 15 is 0 Å². The molecule has 0 radical (unpaired) electrons. The molecule has 0 heterocycles. The molecule has 0 aliphatic rings. The Kier molecular flexibility index (Phi) is 4.36. The van der Waals surface area contributed by atoms with Crippen LogP contribution in [0.25, 0.3) is 0 Å². The van der Waals surface area contributed by atoms with Gasteiger partial charge in [-0.25, -0.2) is 0 Å². The minimum atomic E-state index is 0.465. The van der Waals surface area contributed by atoms with Gasteiger partial charge in [-0.2, -0.15) is 12.6 Å². The Labute approximate surface area is 95.1 Å². The molecule has 0 amide bonds. The van der Waals surface area contributed by atoms with E-state index < -0.39 is 0 Å². The van der Waals surface area contributed by atoms with Crippen LogP contribution in [-0.2, 0) is 0 Å². The number of ether oxygens (including phenoxy) is 1. The lowest BCUT2D eigenvalue weighted by molar-refractivity contribution is 0.353. The number of aryl methyl sites for hydroxylation is 1. The molecule has 0 N–H and O–H groups in total. The first-order chi connectivity index (χ1) is 6.63. The van der Waals surface area contributed by atoms with Crippen molar-refractivity contribution in [3.63, 3.8) is 0 Å². The molecule has 0 aromatic heterocycles. The maximum absolute atomic E-state index is 5.95. The molecule has 14 heavy (non-hydrogen) atoms. The molecule has 0 saturated carbocycles. The van der Waals surface area contributed by atoms with Crippen LogP contribution in [0.1, 0.15) is 5.56 Å². The van der Waals surface area contributed by atoms with Gasteiger partial charge >= 0.3 is 0 Å². The first-order valence-electron chi connectivity index (χ1n) is 4.30. The monoisotopic (exact) mass is 228 g/mol. The van der Waals surface area contributed by atoms with Crippen molar-refractivity contribution in [1.29, 1.82) is 0 Å². The van der Waals surface area contributed by atoms with E-state index in [9.17, 15) is 0 Å². The Morgan fingerprint density at radius 2 is 2.29 bits per heavy atom. The molecule has 0 spiro atoms. The molecule has 0 unspecified atom stereocenters. The van der Waals surface area contributed by atoms with E-state index in [-0.39, 0.29) is 0 Å². The van der Waals surface area contributed by atoms with Crippen molar-refractivity contribution >= 4 is 24.2 Å². The van der Waals surface area contributed by atoms with Gasteiger partial charge in [-0.15, -0.1) is 0 Å². The summed E-state index contributed by atoms with van der Waals surface area (Å²) in [7, 11) is 0. The van der Waals surface area contributed by atoms with Gasteiger partial charge in [0.15, 0.2) is 0 Å². The standard InChI is InChI=1S/C11H13ClOS/c1-8-3-4-10(12)11(5-8)13-6-9(2)7-14/h3-5,14H,2,6-7H2,1H3. The van der Waals surface area contributed by atoms with E-state index in [1.807, 2.05) is 25.1 Å². The van der Waals surface area contributed by atoms with E-state index in [1.54, 1.807) is 0 Å². The first-order valence-corrected chi connectivity index (χ1v) is 5.31. The van der Waals surface area contributed by atoms with Gasteiger partial charge < -0.3 is 4.74 Å². The number of thiol groups is 1. The van der Waals surface area contributed by atoms with Crippen LogP contribution in [0.3, 0.4) is 0 Å². The molecule has 3 heteroatoms. The Morgan fingerprint density at radius 1 is 1.57 bits per heavy atom. The third-order valence-corrected chi connectivity index (χ3v) is 2.50. The third-order valence-electron chi connectivity index (χ3n) is 1.74. The van der Waals surface area contributed by atoms with Crippen LogP contribution >= 0.6 is 24.2 Å². The SMILES string of the molecule is C=C(CS)COc1cc(C)ccc1Cl. The quantitative estimate of drug-likeness (QED) is 0.613. The minimum absolute atomic E-state index is 0.465. The molecule has 0 aliphatic carbocycles. The molecule has 0 fully saturated rings. The van der Waals surface area contributed by atoms with Crippen LogP contribution in [0.5, 0.6) is 5.75 Å². The zero-order valence-electron chi connectivity index (χ0n) is 8.09. The molecule has 0 bridgehead atoms. The lowest BCUT2D eigenvalue weighted by atomic mass is 10.2. The minimum Gasteiger partial charge on any atom is -0.488 e. The molecular weight excluding hydrogens is 216 g/mol. The number of rotatable bonds is 4. The summed E-state index contributed by atoms with van der Waals surface area (Å²) in [5, 5.41) is 0.627. The zero-order valence-corrected chi connectivity index (χ0v) is 9.74. The highest BCUT2D eigenvalue weighted by Gasteiger charge is 2.01. The second kappa shape index (κ2) is 5.32. The fourth-order valence-corrected chi connectivity index (χ4v) is 1.21. The molecular formula is C11H13ClOS. The maximum Gasteiger partial charge on any atom is 0.138 e. The van der Waals surface area contributed by atoms with Crippen LogP contribution in [0, 0.1) is 6.92 Å². The summed E-state index contributed by atoms with van der Waals surface area (Å²) >= 11 is 10.0. The van der Waals surface area contributed by atoms with Crippen LogP contribution in [-0.4, -0.2) is 12.4 Å². The summed E-state index contributed by atoms with van der Waals surface area (Å²) in [6.07, 6.45) is 0. The van der Waals surface area contributed by atoms with Crippen molar-refractivity contribution in [2.75, 3.05) is 12.4 Å². The van der Waals surface area contributed by atoms with Crippen LogP contribution in [0.4, 0.5) is 0 Å². The predicted octanol–water partition coefficient (Wildman–Crippen LogP) is 3.51. The summed E-state index contributed by atoms with van der Waals surface area (Å²) in [5.74, 6) is 1.33. The number of benzene rings is 1. The van der Waals surface area contributed by atoms with Crippen molar-refractivity contribution in [3.8, 4) is 5.75 Å². The summed E-state index contributed by atoms with van der Waals surface area (Å²) < 4.78 is 5.49. The Morgan fingerprint density at radius 3 is 2.93 bits per heavy atom. The average Bonchev–Trinajstić information content (AvgIpc) is 2.19. The molecule has 1 aromatic rings. The smallest absolute Gasteiger partial charge is 0.138 e. The van der Waals surface area contributed by atoms with E-state index in [0.717, 1.165) is 11.1 Å². The van der Waals surface area contributed by atoms with Crippen LogP contribution in [0.2, 0.25) is 5.02 Å². The highest BCUT2D eigenvalue weighted by Crippen LogP contribution is 2.25. The molecule has 0 aliphatic heterocycles. The normalized spacial score (nSPS) is 9.93. The predicted molar refractivity (Wildman–Crippen MR) is 64.7 cm³/mol. The van der Waals surface area contributed by atoms with Gasteiger partial charge in [0.25, 0.3) is 0 Å². The van der Waals surface area contributed by atoms with Crippen LogP contribution < -0.4 is 4.74 Å². The van der Waals surface area contributed by atoms with Crippen molar-refractivity contribution in [2.45, 2.75) is 6.92 Å². The first kappa shape index (κ1) is 11.5. The molecule has 1 aromatic carbocycles. The van der Waals surface area contributed by atoms with Crippen molar-refractivity contribution < 1.29 is 4.74 Å². The van der Waals surface area contributed by atoms with Gasteiger partial charge in [0, 0.05) is 5.75 Å². The fourth-order valence-electron chi connectivity index (χ4n) is 0.947. The number of hydrogen-bond acceptors (Lipinski definition) is 2.